The molecule has 0 aromatic carbocycles. The van der Waals surface area contributed by atoms with Crippen molar-refractivity contribution in [2.75, 3.05) is 7.11 Å². The van der Waals surface area contributed by atoms with Crippen molar-refractivity contribution in [3.05, 3.63) is 70.4 Å². The van der Waals surface area contributed by atoms with Crippen LogP contribution in [-0.4, -0.2) is 13.6 Å². The summed E-state index contributed by atoms with van der Waals surface area (Å²) in [6.07, 6.45) is 28.2. The lowest BCUT2D eigenvalue weighted by atomic mass is 9.95. The fraction of sp³-hybridized carbons (Fsp3) is 0.618. The first-order valence-corrected chi connectivity index (χ1v) is 14.0. The van der Waals surface area contributed by atoms with Crippen molar-refractivity contribution in [3.8, 4) is 0 Å². The van der Waals surface area contributed by atoms with E-state index in [9.17, 15) is 0 Å². The van der Waals surface area contributed by atoms with Gasteiger partial charge in [0.1, 0.15) is 0 Å². The van der Waals surface area contributed by atoms with E-state index >= 15 is 0 Å². The highest BCUT2D eigenvalue weighted by molar-refractivity contribution is 5.36. The van der Waals surface area contributed by atoms with Gasteiger partial charge >= 0.3 is 0 Å². The molecule has 2 nitrogen and oxygen atoms in total. The molecule has 1 rings (SSSR count). The Morgan fingerprint density at radius 1 is 0.833 bits per heavy atom. The van der Waals surface area contributed by atoms with E-state index in [0.29, 0.717) is 6.47 Å². The zero-order chi connectivity index (χ0) is 27.6. The molecule has 1 aliphatic carbocycles. The van der Waals surface area contributed by atoms with Crippen LogP contribution in [0.5, 0.6) is 0 Å². The molecule has 0 atom stereocenters. The van der Waals surface area contributed by atoms with E-state index in [2.05, 4.69) is 90.2 Å². The second-order valence-electron chi connectivity index (χ2n) is 10.4. The van der Waals surface area contributed by atoms with Gasteiger partial charge in [-0.2, -0.15) is 0 Å². The van der Waals surface area contributed by atoms with Crippen LogP contribution in [0.25, 0.3) is 0 Å². The van der Waals surface area contributed by atoms with Gasteiger partial charge in [-0.1, -0.05) is 77.3 Å². The topological polar surface area (TPSA) is 26.3 Å². The van der Waals surface area contributed by atoms with E-state index in [1.165, 1.54) is 93.6 Å². The Kier molecular flexibility index (Phi) is 26.0. The summed E-state index contributed by atoms with van der Waals surface area (Å²) < 4.78 is 3.86. The second-order valence-corrected chi connectivity index (χ2v) is 10.4. The van der Waals surface area contributed by atoms with Gasteiger partial charge in [0.05, 0.1) is 7.11 Å². The molecule has 206 valence electrons. The largest absolute Gasteiger partial charge is 0.471 e. The van der Waals surface area contributed by atoms with Crippen molar-refractivity contribution >= 4 is 6.47 Å². The number of rotatable bonds is 14. The average molecular weight is 499 g/mol. The van der Waals surface area contributed by atoms with E-state index in [4.69, 9.17) is 4.79 Å². The third-order valence-electron chi connectivity index (χ3n) is 6.11. The Morgan fingerprint density at radius 2 is 1.33 bits per heavy atom. The van der Waals surface area contributed by atoms with Gasteiger partial charge in [-0.3, -0.25) is 4.79 Å². The molecular formula is C34H58O2. The van der Waals surface area contributed by atoms with Crippen LogP contribution < -0.4 is 0 Å². The standard InChI is InChI=1S/C17H28.C15H26.C2H4O2/c1-15(2)9-7-10-16(3)11-8-14-17-12-5-4-6-13-17;1-6-14(4)10-8-12-15(5)11-7-9-13(2)3;1-4-2-3/h9,11-12H,4-8,10,13-14H2,1-3H3;9,12H,4,6-8,10-11H2,1-3,5H3;2H,1H3/b16-11+;15-12+;. The molecule has 0 aliphatic heterocycles. The van der Waals surface area contributed by atoms with Crippen LogP contribution in [0, 0.1) is 0 Å². The van der Waals surface area contributed by atoms with E-state index in [0.717, 1.165) is 19.3 Å². The predicted molar refractivity (Wildman–Crippen MR) is 162 cm³/mol. The molecule has 0 bridgehead atoms. The van der Waals surface area contributed by atoms with Crippen LogP contribution in [0.3, 0.4) is 0 Å². The first-order valence-electron chi connectivity index (χ1n) is 14.0. The zero-order valence-electron chi connectivity index (χ0n) is 25.2. The number of ether oxygens (including phenoxy) is 1. The molecule has 0 unspecified atom stereocenters. The summed E-state index contributed by atoms with van der Waals surface area (Å²) in [6.45, 7) is 19.7. The normalized spacial score (nSPS) is 13.2. The molecule has 0 saturated carbocycles. The Bertz CT molecular complexity index is 720. The Hall–Kier alpha value is -2.09. The van der Waals surface area contributed by atoms with E-state index in [1.807, 2.05) is 0 Å². The summed E-state index contributed by atoms with van der Waals surface area (Å²) in [5.74, 6) is 0. The van der Waals surface area contributed by atoms with Gasteiger partial charge in [0, 0.05) is 0 Å². The highest BCUT2D eigenvalue weighted by Gasteiger charge is 2.02. The summed E-state index contributed by atoms with van der Waals surface area (Å²) in [5.41, 5.74) is 8.98. The number of hydrogen-bond acceptors (Lipinski definition) is 2. The van der Waals surface area contributed by atoms with Crippen molar-refractivity contribution in [2.45, 2.75) is 132 Å². The van der Waals surface area contributed by atoms with Crippen LogP contribution >= 0.6 is 0 Å². The number of carbonyl (C=O) groups is 1. The number of carbonyl (C=O) groups excluding carboxylic acids is 1. The monoisotopic (exact) mass is 498 g/mol. The van der Waals surface area contributed by atoms with Gasteiger partial charge in [-0.15, -0.1) is 0 Å². The van der Waals surface area contributed by atoms with Gasteiger partial charge in [0.15, 0.2) is 0 Å². The number of methoxy groups -OCH3 is 1. The smallest absolute Gasteiger partial charge is 0.292 e. The molecule has 0 aromatic heterocycles. The fourth-order valence-electron chi connectivity index (χ4n) is 3.72. The van der Waals surface area contributed by atoms with Crippen LogP contribution in [-0.2, 0) is 9.53 Å². The van der Waals surface area contributed by atoms with Gasteiger partial charge in [0.2, 0.25) is 0 Å². The Labute approximate surface area is 225 Å². The number of hydrogen-bond donors (Lipinski definition) is 0. The van der Waals surface area contributed by atoms with Gasteiger partial charge in [-0.05, 0) is 125 Å². The predicted octanol–water partition coefficient (Wildman–Crippen LogP) is 11.2. The lowest BCUT2D eigenvalue weighted by Gasteiger charge is -2.11. The Balaban J connectivity index is 0. The molecule has 2 heteroatoms. The molecule has 0 saturated heterocycles. The lowest BCUT2D eigenvalue weighted by molar-refractivity contribution is -0.126. The van der Waals surface area contributed by atoms with Crippen LogP contribution in [0.15, 0.2) is 70.4 Å². The maximum Gasteiger partial charge on any atom is 0.292 e. The van der Waals surface area contributed by atoms with E-state index in [-0.39, 0.29) is 0 Å². The molecule has 0 radical (unpaired) electrons. The summed E-state index contributed by atoms with van der Waals surface area (Å²) in [6, 6.07) is 0. The molecule has 0 N–H and O–H groups in total. The molecule has 1 aliphatic rings. The molecule has 0 amide bonds. The second kappa shape index (κ2) is 26.0. The van der Waals surface area contributed by atoms with Crippen molar-refractivity contribution < 1.29 is 9.53 Å². The average Bonchev–Trinajstić information content (AvgIpc) is 2.84. The van der Waals surface area contributed by atoms with Crippen molar-refractivity contribution in [1.29, 1.82) is 0 Å². The fourth-order valence-corrected chi connectivity index (χ4v) is 3.72. The highest BCUT2D eigenvalue weighted by atomic mass is 16.5. The SMILES string of the molecule is C=C(CC)CC/C=C(\C)CCC=C(C)C.CC(C)=CCC/C(C)=C/CCC1=CCCCC1.COC=O. The quantitative estimate of drug-likeness (QED) is 0.176. The van der Waals surface area contributed by atoms with Crippen LogP contribution in [0.1, 0.15) is 132 Å². The van der Waals surface area contributed by atoms with Gasteiger partial charge < -0.3 is 4.74 Å². The highest BCUT2D eigenvalue weighted by Crippen LogP contribution is 2.22. The maximum absolute atomic E-state index is 8.95. The minimum atomic E-state index is 0.375. The first-order chi connectivity index (χ1) is 17.2. The van der Waals surface area contributed by atoms with Crippen molar-refractivity contribution in [2.24, 2.45) is 0 Å². The van der Waals surface area contributed by atoms with Gasteiger partial charge in [-0.25, -0.2) is 0 Å². The molecule has 0 aromatic rings. The summed E-state index contributed by atoms with van der Waals surface area (Å²) in [4.78, 5) is 8.95. The Morgan fingerprint density at radius 3 is 1.75 bits per heavy atom. The van der Waals surface area contributed by atoms with Crippen LogP contribution in [0.2, 0.25) is 0 Å². The van der Waals surface area contributed by atoms with Gasteiger partial charge in [0.25, 0.3) is 6.47 Å². The lowest BCUT2D eigenvalue weighted by Crippen LogP contribution is -1.91. The van der Waals surface area contributed by atoms with E-state index in [1.54, 1.807) is 11.1 Å². The van der Waals surface area contributed by atoms with Crippen LogP contribution in [0.4, 0.5) is 0 Å². The third-order valence-corrected chi connectivity index (χ3v) is 6.11. The molecule has 0 heterocycles. The summed E-state index contributed by atoms with van der Waals surface area (Å²) in [7, 11) is 1.31. The summed E-state index contributed by atoms with van der Waals surface area (Å²) in [5, 5.41) is 0. The number of allylic oxidation sites excluding steroid dienone is 11. The molecule has 36 heavy (non-hydrogen) atoms. The third kappa shape index (κ3) is 28.1. The zero-order valence-corrected chi connectivity index (χ0v) is 25.2. The summed E-state index contributed by atoms with van der Waals surface area (Å²) >= 11 is 0. The minimum Gasteiger partial charge on any atom is -0.471 e. The minimum absolute atomic E-state index is 0.375. The van der Waals surface area contributed by atoms with Crippen molar-refractivity contribution in [3.63, 3.8) is 0 Å². The molecule has 0 fully saturated rings. The van der Waals surface area contributed by atoms with E-state index < -0.39 is 0 Å². The maximum atomic E-state index is 8.95. The molecule has 0 spiro atoms. The van der Waals surface area contributed by atoms with Crippen molar-refractivity contribution in [1.82, 2.24) is 0 Å². The molecular weight excluding hydrogens is 440 g/mol. The first kappa shape index (κ1) is 36.1.